The number of piperidine rings is 1. The van der Waals surface area contributed by atoms with Gasteiger partial charge in [0.25, 0.3) is 0 Å². The number of ether oxygens (including phenoxy) is 2. The van der Waals surface area contributed by atoms with Crippen molar-refractivity contribution >= 4 is 17.8 Å². The van der Waals surface area contributed by atoms with Gasteiger partial charge >= 0.3 is 17.9 Å². The molecule has 4 rings (SSSR count). The highest BCUT2D eigenvalue weighted by Crippen LogP contribution is 2.37. The van der Waals surface area contributed by atoms with Crippen molar-refractivity contribution in [1.82, 2.24) is 24.3 Å². The molecule has 0 aromatic carbocycles. The Labute approximate surface area is 186 Å². The third kappa shape index (κ3) is 4.79. The van der Waals surface area contributed by atoms with Crippen molar-refractivity contribution in [2.45, 2.75) is 51.4 Å². The molecule has 176 valence electrons. The lowest BCUT2D eigenvalue weighted by Crippen LogP contribution is -2.54. The molecule has 1 aromatic heterocycles. The zero-order valence-corrected chi connectivity index (χ0v) is 18.8. The molecule has 0 radical (unpaired) electrons. The molecule has 12 nitrogen and oxygen atoms in total. The largest absolute Gasteiger partial charge is 0.444 e. The van der Waals surface area contributed by atoms with Crippen molar-refractivity contribution in [2.24, 2.45) is 0 Å². The highest BCUT2D eigenvalue weighted by Gasteiger charge is 2.46. The molecule has 1 aromatic rings. The van der Waals surface area contributed by atoms with Gasteiger partial charge in [0, 0.05) is 57.1 Å². The molecule has 3 aliphatic rings. The van der Waals surface area contributed by atoms with E-state index in [4.69, 9.17) is 9.47 Å². The number of nitrogens with zero attached hydrogens (tertiary/aromatic N) is 6. The summed E-state index contributed by atoms with van der Waals surface area (Å²) in [5.41, 5.74) is -0.973. The van der Waals surface area contributed by atoms with E-state index in [0.29, 0.717) is 65.2 Å². The van der Waals surface area contributed by atoms with E-state index in [-0.39, 0.29) is 23.8 Å². The number of likely N-dealkylation sites (tertiary alicyclic amines) is 1. The summed E-state index contributed by atoms with van der Waals surface area (Å²) in [6.45, 7) is 9.85. The summed E-state index contributed by atoms with van der Waals surface area (Å²) < 4.78 is 13.1. The van der Waals surface area contributed by atoms with E-state index in [2.05, 4.69) is 9.88 Å². The molecule has 1 spiro atoms. The number of carbonyl (C=O) groups is 2. The number of aromatic nitrogens is 2. The van der Waals surface area contributed by atoms with E-state index < -0.39 is 16.1 Å². The van der Waals surface area contributed by atoms with Gasteiger partial charge in [-0.1, -0.05) is 0 Å². The summed E-state index contributed by atoms with van der Waals surface area (Å²) in [6, 6.07) is 0.277. The highest BCUT2D eigenvalue weighted by molar-refractivity contribution is 5.78. The van der Waals surface area contributed by atoms with Crippen molar-refractivity contribution in [2.75, 3.05) is 45.8 Å². The maximum absolute atomic E-state index is 12.8. The van der Waals surface area contributed by atoms with E-state index in [9.17, 15) is 19.7 Å². The van der Waals surface area contributed by atoms with E-state index in [1.807, 2.05) is 25.7 Å². The first-order valence-electron chi connectivity index (χ1n) is 10.9. The standard InChI is InChI=1S/C20H30N6O6/c1-19(2,3)32-18(28)24-10-8-22(9-11-24)13-16(27)23-6-4-20(5-7-23)14-25-12-15(26(29)30)21-17(25)31-20/h12H,4-11,13-14H2,1-3H3. The lowest BCUT2D eigenvalue weighted by atomic mass is 9.91. The Hall–Kier alpha value is -2.89. The van der Waals surface area contributed by atoms with Gasteiger partial charge < -0.3 is 29.4 Å². The molecular formula is C20H30N6O6. The first-order chi connectivity index (χ1) is 15.0. The van der Waals surface area contributed by atoms with Gasteiger partial charge in [-0.2, -0.15) is 0 Å². The Morgan fingerprint density at radius 3 is 2.38 bits per heavy atom. The molecule has 2 amide bonds. The van der Waals surface area contributed by atoms with Crippen molar-refractivity contribution in [1.29, 1.82) is 0 Å². The number of amides is 2. The zero-order chi connectivity index (χ0) is 23.1. The fourth-order valence-corrected chi connectivity index (χ4v) is 4.33. The molecule has 3 aliphatic heterocycles. The number of hydrogen-bond donors (Lipinski definition) is 0. The second-order valence-corrected chi connectivity index (χ2v) is 9.68. The molecule has 0 unspecified atom stereocenters. The SMILES string of the molecule is CC(C)(C)OC(=O)N1CCN(CC(=O)N2CCC3(CC2)Cn2cc([N+](=O)[O-])nc2O3)CC1. The molecule has 4 heterocycles. The minimum absolute atomic E-state index is 0.0666. The summed E-state index contributed by atoms with van der Waals surface area (Å²) in [5.74, 6) is -0.147. The fraction of sp³-hybridized carbons (Fsp3) is 0.750. The van der Waals surface area contributed by atoms with Crippen molar-refractivity contribution in [3.05, 3.63) is 16.3 Å². The highest BCUT2D eigenvalue weighted by atomic mass is 16.6. The van der Waals surface area contributed by atoms with Gasteiger partial charge in [0.15, 0.2) is 0 Å². The van der Waals surface area contributed by atoms with Crippen LogP contribution in [0.15, 0.2) is 6.20 Å². The number of imidazole rings is 1. The van der Waals surface area contributed by atoms with Crippen LogP contribution in [0.2, 0.25) is 0 Å². The summed E-state index contributed by atoms with van der Waals surface area (Å²) in [5, 5.41) is 10.9. The second kappa shape index (κ2) is 8.23. The zero-order valence-electron chi connectivity index (χ0n) is 18.8. The van der Waals surface area contributed by atoms with Crippen LogP contribution in [0.4, 0.5) is 10.6 Å². The van der Waals surface area contributed by atoms with Crippen LogP contribution in [0.3, 0.4) is 0 Å². The van der Waals surface area contributed by atoms with Crippen molar-refractivity contribution in [3.63, 3.8) is 0 Å². The lowest BCUT2D eigenvalue weighted by Gasteiger charge is -2.39. The van der Waals surface area contributed by atoms with Crippen LogP contribution < -0.4 is 4.74 Å². The third-order valence-corrected chi connectivity index (χ3v) is 6.09. The Morgan fingerprint density at radius 2 is 1.81 bits per heavy atom. The summed E-state index contributed by atoms with van der Waals surface area (Å²) in [6.07, 6.45) is 2.40. The molecule has 2 fully saturated rings. The van der Waals surface area contributed by atoms with E-state index in [0.717, 1.165) is 0 Å². The summed E-state index contributed by atoms with van der Waals surface area (Å²) >= 11 is 0. The number of piperazine rings is 1. The van der Waals surface area contributed by atoms with E-state index in [1.165, 1.54) is 6.20 Å². The monoisotopic (exact) mass is 450 g/mol. The molecule has 0 saturated carbocycles. The summed E-state index contributed by atoms with van der Waals surface area (Å²) in [7, 11) is 0. The van der Waals surface area contributed by atoms with Crippen LogP contribution in [0.5, 0.6) is 6.01 Å². The normalized spacial score (nSPS) is 20.7. The number of hydrogen-bond acceptors (Lipinski definition) is 8. The average Bonchev–Trinajstić information content (AvgIpc) is 3.24. The van der Waals surface area contributed by atoms with Gasteiger partial charge in [-0.3, -0.25) is 14.3 Å². The van der Waals surface area contributed by atoms with Crippen molar-refractivity contribution < 1.29 is 24.0 Å². The van der Waals surface area contributed by atoms with Crippen LogP contribution in [0.25, 0.3) is 0 Å². The Morgan fingerprint density at radius 1 is 1.16 bits per heavy atom. The first-order valence-corrected chi connectivity index (χ1v) is 10.9. The minimum Gasteiger partial charge on any atom is -0.444 e. The van der Waals surface area contributed by atoms with Crippen LogP contribution in [-0.4, -0.2) is 98.2 Å². The molecule has 0 aliphatic carbocycles. The molecule has 0 atom stereocenters. The van der Waals surface area contributed by atoms with Gasteiger partial charge in [-0.05, 0) is 25.7 Å². The maximum atomic E-state index is 12.8. The van der Waals surface area contributed by atoms with Gasteiger partial charge in [0.05, 0.1) is 13.1 Å². The Kier molecular flexibility index (Phi) is 5.74. The summed E-state index contributed by atoms with van der Waals surface area (Å²) in [4.78, 5) is 44.8. The smallest absolute Gasteiger partial charge is 0.415 e. The first kappa shape index (κ1) is 22.3. The number of rotatable bonds is 3. The van der Waals surface area contributed by atoms with Gasteiger partial charge in [-0.15, -0.1) is 0 Å². The third-order valence-electron chi connectivity index (χ3n) is 6.09. The Bertz CT molecular complexity index is 867. The lowest BCUT2D eigenvalue weighted by molar-refractivity contribution is -0.389. The predicted molar refractivity (Wildman–Crippen MR) is 112 cm³/mol. The predicted octanol–water partition coefficient (Wildman–Crippen LogP) is 1.10. The van der Waals surface area contributed by atoms with Gasteiger partial charge in [0.1, 0.15) is 17.4 Å². The van der Waals surface area contributed by atoms with Crippen LogP contribution in [0, 0.1) is 10.1 Å². The molecule has 0 N–H and O–H groups in total. The van der Waals surface area contributed by atoms with Gasteiger partial charge in [-0.25, -0.2) is 4.79 Å². The average molecular weight is 450 g/mol. The second-order valence-electron chi connectivity index (χ2n) is 9.68. The number of nitro groups is 1. The molecular weight excluding hydrogens is 420 g/mol. The minimum atomic E-state index is -0.532. The molecule has 2 saturated heterocycles. The van der Waals surface area contributed by atoms with E-state index >= 15 is 0 Å². The van der Waals surface area contributed by atoms with Crippen LogP contribution in [-0.2, 0) is 16.1 Å². The van der Waals surface area contributed by atoms with Crippen LogP contribution in [0.1, 0.15) is 33.6 Å². The molecule has 32 heavy (non-hydrogen) atoms. The number of fused-ring (bicyclic) bond motifs is 1. The van der Waals surface area contributed by atoms with Crippen LogP contribution >= 0.6 is 0 Å². The molecule has 12 heteroatoms. The van der Waals surface area contributed by atoms with E-state index in [1.54, 1.807) is 9.47 Å². The topological polar surface area (TPSA) is 123 Å². The van der Waals surface area contributed by atoms with Gasteiger partial charge in [0.2, 0.25) is 5.91 Å². The quantitative estimate of drug-likeness (QED) is 0.495. The number of carbonyl (C=O) groups excluding carboxylic acids is 2. The Balaban J connectivity index is 1.21. The van der Waals surface area contributed by atoms with Crippen molar-refractivity contribution in [3.8, 4) is 6.01 Å². The fourth-order valence-electron chi connectivity index (χ4n) is 4.33. The maximum Gasteiger partial charge on any atom is 0.415 e. The molecule has 0 bridgehead atoms.